The van der Waals surface area contributed by atoms with Crippen molar-refractivity contribution < 1.29 is 19.4 Å². The molecule has 0 aliphatic carbocycles. The Morgan fingerprint density at radius 2 is 1.39 bits per heavy atom. The normalized spacial score (nSPS) is 11.6. The van der Waals surface area contributed by atoms with Crippen molar-refractivity contribution in [1.82, 2.24) is 5.32 Å². The second-order valence-corrected chi connectivity index (χ2v) is 7.98. The molecule has 0 spiro atoms. The van der Waals surface area contributed by atoms with Crippen LogP contribution in [0.5, 0.6) is 11.5 Å². The predicted molar refractivity (Wildman–Crippen MR) is 128 cm³/mol. The number of carbonyl (C=O) groups is 2. The zero-order valence-corrected chi connectivity index (χ0v) is 18.1. The molecule has 0 saturated heterocycles. The van der Waals surface area contributed by atoms with Gasteiger partial charge < -0.3 is 15.2 Å². The number of carbonyl (C=O) groups excluding carboxylic acids is 1. The number of aliphatic carboxylic acids is 1. The average Bonchev–Trinajstić information content (AvgIpc) is 2.80. The first kappa shape index (κ1) is 22.1. The topological polar surface area (TPSA) is 75.6 Å². The maximum absolute atomic E-state index is 12.6. The average molecular weight is 440 g/mol. The van der Waals surface area contributed by atoms with E-state index in [0.29, 0.717) is 12.2 Å². The van der Waals surface area contributed by atoms with E-state index >= 15 is 0 Å². The lowest BCUT2D eigenvalue weighted by Gasteiger charge is -2.18. The number of carboxylic acids is 1. The van der Waals surface area contributed by atoms with E-state index in [2.05, 4.69) is 5.32 Å². The summed E-state index contributed by atoms with van der Waals surface area (Å²) in [4.78, 5) is 24.0. The summed E-state index contributed by atoms with van der Waals surface area (Å²) in [5, 5.41) is 14.4. The number of fused-ring (bicyclic) bond motifs is 1. The minimum atomic E-state index is -0.941. The van der Waals surface area contributed by atoms with Gasteiger partial charge in [-0.25, -0.2) is 0 Å². The first-order valence-corrected chi connectivity index (χ1v) is 10.9. The number of ether oxygens (including phenoxy) is 1. The van der Waals surface area contributed by atoms with Gasteiger partial charge in [0, 0.05) is 6.04 Å². The number of hydrogen-bond acceptors (Lipinski definition) is 3. The smallest absolute Gasteiger partial charge is 0.305 e. The second kappa shape index (κ2) is 10.5. The van der Waals surface area contributed by atoms with Crippen LogP contribution in [-0.4, -0.2) is 23.0 Å². The van der Waals surface area contributed by atoms with Gasteiger partial charge in [0.05, 0.1) is 12.8 Å². The van der Waals surface area contributed by atoms with E-state index in [1.54, 1.807) is 0 Å². The molecule has 1 amide bonds. The van der Waals surface area contributed by atoms with E-state index in [1.807, 2.05) is 97.1 Å². The molecule has 33 heavy (non-hydrogen) atoms. The van der Waals surface area contributed by atoms with Crippen molar-refractivity contribution in [1.29, 1.82) is 0 Å². The molecule has 166 valence electrons. The van der Waals surface area contributed by atoms with E-state index < -0.39 is 12.0 Å². The van der Waals surface area contributed by atoms with Gasteiger partial charge in [-0.2, -0.15) is 0 Å². The maximum Gasteiger partial charge on any atom is 0.305 e. The van der Waals surface area contributed by atoms with Crippen LogP contribution in [0.2, 0.25) is 0 Å². The summed E-state index contributed by atoms with van der Waals surface area (Å²) < 4.78 is 5.78. The Morgan fingerprint density at radius 1 is 0.758 bits per heavy atom. The molecule has 5 nitrogen and oxygen atoms in total. The number of benzene rings is 4. The summed E-state index contributed by atoms with van der Waals surface area (Å²) in [5.74, 6) is 0.279. The van der Waals surface area contributed by atoms with Crippen LogP contribution in [0.4, 0.5) is 0 Å². The Hall–Kier alpha value is -4.12. The van der Waals surface area contributed by atoms with Crippen molar-refractivity contribution in [2.75, 3.05) is 0 Å². The van der Waals surface area contributed by atoms with Crippen LogP contribution < -0.4 is 10.1 Å². The standard InChI is InChI=1S/C28H25NO4/c30-27(18-20-11-14-26(15-12-20)33-25-8-2-1-3-9-25)29-24(19-28(31)32)17-21-10-13-22-6-4-5-7-23(22)16-21/h1-16,24H,17-19H2,(H,29,30)(H,31,32). The SMILES string of the molecule is O=C(O)CC(Cc1ccc2ccccc2c1)NC(=O)Cc1ccc(Oc2ccccc2)cc1. The molecule has 0 radical (unpaired) electrons. The van der Waals surface area contributed by atoms with Crippen molar-refractivity contribution in [3.05, 3.63) is 108 Å². The predicted octanol–water partition coefficient (Wildman–Crippen LogP) is 5.38. The monoisotopic (exact) mass is 439 g/mol. The van der Waals surface area contributed by atoms with E-state index in [-0.39, 0.29) is 18.7 Å². The number of hydrogen-bond donors (Lipinski definition) is 2. The van der Waals surface area contributed by atoms with Crippen LogP contribution in [0.15, 0.2) is 97.1 Å². The van der Waals surface area contributed by atoms with Crippen molar-refractivity contribution in [2.45, 2.75) is 25.3 Å². The Balaban J connectivity index is 1.37. The van der Waals surface area contributed by atoms with Gasteiger partial charge >= 0.3 is 5.97 Å². The van der Waals surface area contributed by atoms with Gasteiger partial charge in [-0.05, 0) is 52.6 Å². The van der Waals surface area contributed by atoms with Crippen LogP contribution in [0, 0.1) is 0 Å². The molecule has 0 heterocycles. The highest BCUT2D eigenvalue weighted by Crippen LogP contribution is 2.21. The molecule has 4 aromatic carbocycles. The van der Waals surface area contributed by atoms with Crippen LogP contribution in [0.25, 0.3) is 10.8 Å². The first-order valence-electron chi connectivity index (χ1n) is 10.9. The molecule has 0 aromatic heterocycles. The highest BCUT2D eigenvalue weighted by molar-refractivity contribution is 5.83. The Bertz CT molecular complexity index is 1240. The van der Waals surface area contributed by atoms with Gasteiger partial charge in [0.25, 0.3) is 0 Å². The molecule has 0 saturated carbocycles. The van der Waals surface area contributed by atoms with E-state index in [4.69, 9.17) is 4.74 Å². The van der Waals surface area contributed by atoms with Gasteiger partial charge in [0.2, 0.25) is 5.91 Å². The lowest BCUT2D eigenvalue weighted by molar-refractivity contribution is -0.137. The third kappa shape index (κ3) is 6.43. The number of para-hydroxylation sites is 1. The zero-order valence-electron chi connectivity index (χ0n) is 18.1. The fourth-order valence-corrected chi connectivity index (χ4v) is 3.80. The molecule has 0 aliphatic rings. The molecule has 4 rings (SSSR count). The van der Waals surface area contributed by atoms with Crippen LogP contribution in [0.1, 0.15) is 17.5 Å². The van der Waals surface area contributed by atoms with Gasteiger partial charge in [-0.15, -0.1) is 0 Å². The largest absolute Gasteiger partial charge is 0.481 e. The molecular weight excluding hydrogens is 414 g/mol. The number of amides is 1. The highest BCUT2D eigenvalue weighted by Gasteiger charge is 2.17. The van der Waals surface area contributed by atoms with E-state index in [0.717, 1.165) is 27.6 Å². The summed E-state index contributed by atoms with van der Waals surface area (Å²) in [5.41, 5.74) is 1.82. The quantitative estimate of drug-likeness (QED) is 0.367. The lowest BCUT2D eigenvalue weighted by Crippen LogP contribution is -2.38. The summed E-state index contributed by atoms with van der Waals surface area (Å²) in [7, 11) is 0. The second-order valence-electron chi connectivity index (χ2n) is 7.98. The summed E-state index contributed by atoms with van der Waals surface area (Å²) >= 11 is 0. The van der Waals surface area contributed by atoms with Gasteiger partial charge in [0.1, 0.15) is 11.5 Å². The molecular formula is C28H25NO4. The molecule has 5 heteroatoms. The Morgan fingerprint density at radius 3 is 2.12 bits per heavy atom. The highest BCUT2D eigenvalue weighted by atomic mass is 16.5. The fourth-order valence-electron chi connectivity index (χ4n) is 3.80. The number of nitrogens with one attached hydrogen (secondary N) is 1. The zero-order chi connectivity index (χ0) is 23.0. The number of rotatable bonds is 9. The van der Waals surface area contributed by atoms with Crippen molar-refractivity contribution in [3.8, 4) is 11.5 Å². The Labute approximate surface area is 192 Å². The minimum Gasteiger partial charge on any atom is -0.481 e. The molecule has 0 bridgehead atoms. The molecule has 1 unspecified atom stereocenters. The lowest BCUT2D eigenvalue weighted by atomic mass is 9.99. The van der Waals surface area contributed by atoms with Crippen molar-refractivity contribution in [2.24, 2.45) is 0 Å². The molecule has 0 fully saturated rings. The van der Waals surface area contributed by atoms with Gasteiger partial charge in [0.15, 0.2) is 0 Å². The number of carboxylic acid groups (broad SMARTS) is 1. The third-order valence-corrected chi connectivity index (χ3v) is 5.35. The molecule has 1 atom stereocenters. The van der Waals surface area contributed by atoms with Gasteiger partial charge in [-0.1, -0.05) is 72.8 Å². The van der Waals surface area contributed by atoms with Crippen LogP contribution in [0.3, 0.4) is 0 Å². The van der Waals surface area contributed by atoms with Crippen molar-refractivity contribution >= 4 is 22.6 Å². The third-order valence-electron chi connectivity index (χ3n) is 5.35. The summed E-state index contributed by atoms with van der Waals surface area (Å²) in [6, 6.07) is 30.4. The molecule has 0 aliphatic heterocycles. The van der Waals surface area contributed by atoms with Crippen molar-refractivity contribution in [3.63, 3.8) is 0 Å². The molecule has 2 N–H and O–H groups in total. The van der Waals surface area contributed by atoms with Gasteiger partial charge in [-0.3, -0.25) is 9.59 Å². The molecule has 4 aromatic rings. The van der Waals surface area contributed by atoms with E-state index in [1.165, 1.54) is 0 Å². The summed E-state index contributed by atoms with van der Waals surface area (Å²) in [6.45, 7) is 0. The van der Waals surface area contributed by atoms with E-state index in [9.17, 15) is 14.7 Å². The summed E-state index contributed by atoms with van der Waals surface area (Å²) in [6.07, 6.45) is 0.481. The maximum atomic E-state index is 12.6. The Kier molecular flexibility index (Phi) is 7.00. The van der Waals surface area contributed by atoms with Crippen LogP contribution >= 0.6 is 0 Å². The fraction of sp³-hybridized carbons (Fsp3) is 0.143. The van der Waals surface area contributed by atoms with Crippen LogP contribution in [-0.2, 0) is 22.4 Å². The first-order chi connectivity index (χ1) is 16.0. The minimum absolute atomic E-state index is 0.136.